The Labute approximate surface area is 143 Å². The average Bonchev–Trinajstić information content (AvgIpc) is 2.64. The highest BCUT2D eigenvalue weighted by molar-refractivity contribution is 5.81. The smallest absolute Gasteiger partial charge is 0.251 e. The van der Waals surface area contributed by atoms with Crippen molar-refractivity contribution in [2.45, 2.75) is 31.5 Å². The van der Waals surface area contributed by atoms with Crippen LogP contribution >= 0.6 is 0 Å². The fourth-order valence-electron chi connectivity index (χ4n) is 3.20. The minimum atomic E-state index is -0.450. The first kappa shape index (κ1) is 17.2. The van der Waals surface area contributed by atoms with E-state index in [0.717, 1.165) is 38.2 Å². The van der Waals surface area contributed by atoms with Gasteiger partial charge in [-0.1, -0.05) is 12.1 Å². The van der Waals surface area contributed by atoms with Crippen LogP contribution in [-0.4, -0.2) is 63.0 Å². The minimum absolute atomic E-state index is 0.0408. The summed E-state index contributed by atoms with van der Waals surface area (Å²) in [5.41, 5.74) is 1.25. The Kier molecular flexibility index (Phi) is 6.07. The molecule has 1 unspecified atom stereocenters. The van der Waals surface area contributed by atoms with Crippen LogP contribution in [0.3, 0.4) is 0 Å². The standard InChI is InChI=1S/C18H26N2O4/c1-22-16-4-2-3-14(11-16)12-20-7-5-15(6-8-20)19-18(21)17-13-23-9-10-24-17/h2-4,11,15,17H,5-10,12-13H2,1H3,(H,19,21). The van der Waals surface area contributed by atoms with Gasteiger partial charge in [-0.25, -0.2) is 0 Å². The van der Waals surface area contributed by atoms with E-state index in [0.29, 0.717) is 19.8 Å². The summed E-state index contributed by atoms with van der Waals surface area (Å²) >= 11 is 0. The Morgan fingerprint density at radius 2 is 2.17 bits per heavy atom. The van der Waals surface area contributed by atoms with Gasteiger partial charge in [0.1, 0.15) is 5.75 Å². The highest BCUT2D eigenvalue weighted by Gasteiger charge is 2.26. The number of nitrogens with one attached hydrogen (secondary N) is 1. The van der Waals surface area contributed by atoms with Crippen molar-refractivity contribution in [2.75, 3.05) is 40.0 Å². The number of hydrogen-bond donors (Lipinski definition) is 1. The summed E-state index contributed by atoms with van der Waals surface area (Å²) in [6.07, 6.45) is 1.47. The van der Waals surface area contributed by atoms with E-state index in [1.165, 1.54) is 5.56 Å². The van der Waals surface area contributed by atoms with E-state index < -0.39 is 6.10 Å². The summed E-state index contributed by atoms with van der Waals surface area (Å²) in [4.78, 5) is 14.6. The Hall–Kier alpha value is -1.63. The molecule has 1 N–H and O–H groups in total. The SMILES string of the molecule is COc1cccc(CN2CCC(NC(=O)C3COCCO3)CC2)c1. The second-order valence-electron chi connectivity index (χ2n) is 6.34. The second kappa shape index (κ2) is 8.46. The summed E-state index contributed by atoms with van der Waals surface area (Å²) in [7, 11) is 1.69. The van der Waals surface area contributed by atoms with Crippen molar-refractivity contribution in [1.29, 1.82) is 0 Å². The highest BCUT2D eigenvalue weighted by Crippen LogP contribution is 2.18. The maximum Gasteiger partial charge on any atom is 0.251 e. The number of rotatable bonds is 5. The lowest BCUT2D eigenvalue weighted by Gasteiger charge is -2.33. The van der Waals surface area contributed by atoms with Crippen molar-refractivity contribution in [3.63, 3.8) is 0 Å². The van der Waals surface area contributed by atoms with Crippen LogP contribution in [0.2, 0.25) is 0 Å². The molecule has 2 aliphatic heterocycles. The largest absolute Gasteiger partial charge is 0.497 e. The first-order valence-corrected chi connectivity index (χ1v) is 8.59. The monoisotopic (exact) mass is 334 g/mol. The number of likely N-dealkylation sites (tertiary alicyclic amines) is 1. The van der Waals surface area contributed by atoms with Crippen molar-refractivity contribution in [1.82, 2.24) is 10.2 Å². The number of hydrogen-bond acceptors (Lipinski definition) is 5. The van der Waals surface area contributed by atoms with Crippen molar-refractivity contribution in [2.24, 2.45) is 0 Å². The molecule has 1 aromatic rings. The third-order valence-corrected chi connectivity index (χ3v) is 4.58. The van der Waals surface area contributed by atoms with Gasteiger partial charge in [-0.2, -0.15) is 0 Å². The fourth-order valence-corrected chi connectivity index (χ4v) is 3.20. The highest BCUT2D eigenvalue weighted by atomic mass is 16.6. The van der Waals surface area contributed by atoms with E-state index in [9.17, 15) is 4.79 Å². The molecule has 0 spiro atoms. The molecule has 1 amide bonds. The van der Waals surface area contributed by atoms with Crippen LogP contribution in [0.1, 0.15) is 18.4 Å². The molecule has 2 saturated heterocycles. The maximum absolute atomic E-state index is 12.2. The van der Waals surface area contributed by atoms with Crippen molar-refractivity contribution in [3.05, 3.63) is 29.8 Å². The predicted octanol–water partition coefficient (Wildman–Crippen LogP) is 1.19. The first-order chi connectivity index (χ1) is 11.7. The van der Waals surface area contributed by atoms with Crippen molar-refractivity contribution >= 4 is 5.91 Å². The van der Waals surface area contributed by atoms with Crippen LogP contribution in [0.25, 0.3) is 0 Å². The molecule has 2 fully saturated rings. The molecule has 3 rings (SSSR count). The van der Waals surface area contributed by atoms with Gasteiger partial charge >= 0.3 is 0 Å². The van der Waals surface area contributed by atoms with Gasteiger partial charge in [0, 0.05) is 25.7 Å². The molecule has 0 saturated carbocycles. The van der Waals surface area contributed by atoms with Crippen LogP contribution in [0.15, 0.2) is 24.3 Å². The van der Waals surface area contributed by atoms with E-state index in [-0.39, 0.29) is 11.9 Å². The van der Waals surface area contributed by atoms with Crippen LogP contribution in [0.4, 0.5) is 0 Å². The zero-order valence-corrected chi connectivity index (χ0v) is 14.2. The molecular weight excluding hydrogens is 308 g/mol. The molecule has 0 radical (unpaired) electrons. The van der Waals surface area contributed by atoms with Crippen LogP contribution in [0, 0.1) is 0 Å². The number of carbonyl (C=O) groups is 1. The third-order valence-electron chi connectivity index (χ3n) is 4.58. The second-order valence-corrected chi connectivity index (χ2v) is 6.34. The molecule has 6 heteroatoms. The Bertz CT molecular complexity index is 538. The Balaban J connectivity index is 1.42. The fraction of sp³-hybridized carbons (Fsp3) is 0.611. The number of carbonyl (C=O) groups excluding carboxylic acids is 1. The summed E-state index contributed by atoms with van der Waals surface area (Å²) < 4.78 is 16.0. The topological polar surface area (TPSA) is 60.0 Å². The molecule has 132 valence electrons. The molecule has 2 heterocycles. The lowest BCUT2D eigenvalue weighted by atomic mass is 10.0. The number of nitrogens with zero attached hydrogens (tertiary/aromatic N) is 1. The minimum Gasteiger partial charge on any atom is -0.497 e. The van der Waals surface area contributed by atoms with E-state index >= 15 is 0 Å². The number of amides is 1. The quantitative estimate of drug-likeness (QED) is 0.877. The molecule has 1 atom stereocenters. The third kappa shape index (κ3) is 4.69. The zero-order valence-electron chi connectivity index (χ0n) is 14.2. The van der Waals surface area contributed by atoms with Crippen molar-refractivity contribution < 1.29 is 19.0 Å². The van der Waals surface area contributed by atoms with Gasteiger partial charge in [0.15, 0.2) is 6.10 Å². The summed E-state index contributed by atoms with van der Waals surface area (Å²) in [6.45, 7) is 4.30. The number of benzene rings is 1. The van der Waals surface area contributed by atoms with Crippen LogP contribution in [-0.2, 0) is 20.8 Å². The number of piperidine rings is 1. The molecule has 0 aliphatic carbocycles. The molecule has 24 heavy (non-hydrogen) atoms. The predicted molar refractivity (Wildman–Crippen MR) is 90.0 cm³/mol. The van der Waals surface area contributed by atoms with Gasteiger partial charge in [-0.05, 0) is 30.5 Å². The summed E-state index contributed by atoms with van der Waals surface area (Å²) in [6, 6.07) is 8.41. The lowest BCUT2D eigenvalue weighted by molar-refractivity contribution is -0.148. The number of ether oxygens (including phenoxy) is 3. The summed E-state index contributed by atoms with van der Waals surface area (Å²) in [5, 5.41) is 3.10. The van der Waals surface area contributed by atoms with Gasteiger partial charge in [-0.15, -0.1) is 0 Å². The Morgan fingerprint density at radius 1 is 1.33 bits per heavy atom. The van der Waals surface area contributed by atoms with E-state index in [4.69, 9.17) is 14.2 Å². The van der Waals surface area contributed by atoms with Crippen molar-refractivity contribution in [3.8, 4) is 5.75 Å². The maximum atomic E-state index is 12.2. The Morgan fingerprint density at radius 3 is 2.88 bits per heavy atom. The molecule has 2 aliphatic rings. The van der Waals surface area contributed by atoms with Gasteiger partial charge in [0.25, 0.3) is 5.91 Å². The molecular formula is C18H26N2O4. The first-order valence-electron chi connectivity index (χ1n) is 8.59. The average molecular weight is 334 g/mol. The molecule has 6 nitrogen and oxygen atoms in total. The molecule has 1 aromatic carbocycles. The number of methoxy groups -OCH3 is 1. The van der Waals surface area contributed by atoms with Gasteiger partial charge in [0.05, 0.1) is 26.9 Å². The van der Waals surface area contributed by atoms with Gasteiger partial charge < -0.3 is 19.5 Å². The molecule has 0 bridgehead atoms. The lowest BCUT2D eigenvalue weighted by Crippen LogP contribution is -2.50. The zero-order chi connectivity index (χ0) is 16.8. The molecule has 0 aromatic heterocycles. The van der Waals surface area contributed by atoms with Crippen LogP contribution in [0.5, 0.6) is 5.75 Å². The van der Waals surface area contributed by atoms with Gasteiger partial charge in [-0.3, -0.25) is 9.69 Å². The van der Waals surface area contributed by atoms with E-state index in [1.54, 1.807) is 7.11 Å². The normalized spacial score (nSPS) is 23.0. The van der Waals surface area contributed by atoms with E-state index in [1.807, 2.05) is 12.1 Å². The van der Waals surface area contributed by atoms with Gasteiger partial charge in [0.2, 0.25) is 0 Å². The summed E-state index contributed by atoms with van der Waals surface area (Å²) in [5.74, 6) is 0.852. The van der Waals surface area contributed by atoms with E-state index in [2.05, 4.69) is 22.3 Å². The van der Waals surface area contributed by atoms with Crippen LogP contribution < -0.4 is 10.1 Å².